The minimum absolute atomic E-state index is 0.0218. The van der Waals surface area contributed by atoms with Crippen LogP contribution in [0, 0.1) is 5.92 Å². The van der Waals surface area contributed by atoms with E-state index in [1.165, 1.54) is 25.9 Å². The summed E-state index contributed by atoms with van der Waals surface area (Å²) < 4.78 is 1.74. The second kappa shape index (κ2) is 7.57. The molecular formula is C15H20Br2N2O. The van der Waals surface area contributed by atoms with Gasteiger partial charge in [0.05, 0.1) is 5.56 Å². The van der Waals surface area contributed by atoms with E-state index in [9.17, 15) is 4.79 Å². The number of nitrogens with one attached hydrogen (secondary N) is 1. The maximum atomic E-state index is 12.2. The lowest BCUT2D eigenvalue weighted by atomic mass is 10.1. The Bertz CT molecular complexity index is 473. The Morgan fingerprint density at radius 2 is 2.05 bits per heavy atom. The average molecular weight is 404 g/mol. The van der Waals surface area contributed by atoms with Gasteiger partial charge in [0.25, 0.3) is 5.91 Å². The molecule has 1 atom stereocenters. The molecule has 20 heavy (non-hydrogen) atoms. The number of amides is 1. The van der Waals surface area contributed by atoms with Gasteiger partial charge in [0.15, 0.2) is 0 Å². The van der Waals surface area contributed by atoms with Crippen molar-refractivity contribution < 1.29 is 4.79 Å². The molecule has 1 saturated heterocycles. The molecule has 1 N–H and O–H groups in total. The first kappa shape index (κ1) is 16.0. The van der Waals surface area contributed by atoms with Gasteiger partial charge in [-0.05, 0) is 66.0 Å². The Balaban J connectivity index is 1.83. The fraction of sp³-hybridized carbons (Fsp3) is 0.533. The number of benzene rings is 1. The van der Waals surface area contributed by atoms with Crippen molar-refractivity contribution in [1.82, 2.24) is 10.2 Å². The van der Waals surface area contributed by atoms with Crippen molar-refractivity contribution in [2.45, 2.75) is 19.8 Å². The number of hydrogen-bond acceptors (Lipinski definition) is 2. The number of likely N-dealkylation sites (tertiary alicyclic amines) is 1. The van der Waals surface area contributed by atoms with Crippen LogP contribution in [0.4, 0.5) is 0 Å². The van der Waals surface area contributed by atoms with E-state index in [-0.39, 0.29) is 5.91 Å². The minimum Gasteiger partial charge on any atom is -0.352 e. The molecule has 1 heterocycles. The van der Waals surface area contributed by atoms with Crippen molar-refractivity contribution >= 4 is 37.8 Å². The summed E-state index contributed by atoms with van der Waals surface area (Å²) in [6.45, 7) is 6.38. The van der Waals surface area contributed by atoms with Gasteiger partial charge in [-0.2, -0.15) is 0 Å². The molecule has 0 bridgehead atoms. The highest BCUT2D eigenvalue weighted by molar-refractivity contribution is 9.11. The average Bonchev–Trinajstić information content (AvgIpc) is 2.91. The van der Waals surface area contributed by atoms with Gasteiger partial charge >= 0.3 is 0 Å². The molecule has 1 fully saturated rings. The molecule has 1 aromatic rings. The second-order valence-corrected chi connectivity index (χ2v) is 7.22. The van der Waals surface area contributed by atoms with E-state index < -0.39 is 0 Å². The lowest BCUT2D eigenvalue weighted by Gasteiger charge is -2.20. The molecule has 0 saturated carbocycles. The number of carbonyl (C=O) groups is 1. The van der Waals surface area contributed by atoms with Crippen molar-refractivity contribution in [3.63, 3.8) is 0 Å². The van der Waals surface area contributed by atoms with Crippen LogP contribution in [-0.2, 0) is 0 Å². The van der Waals surface area contributed by atoms with Gasteiger partial charge < -0.3 is 10.2 Å². The van der Waals surface area contributed by atoms with Crippen molar-refractivity contribution in [3.8, 4) is 0 Å². The Morgan fingerprint density at radius 1 is 1.35 bits per heavy atom. The minimum atomic E-state index is -0.0218. The first-order valence-corrected chi connectivity index (χ1v) is 8.60. The molecule has 1 aliphatic rings. The van der Waals surface area contributed by atoms with E-state index in [1.807, 2.05) is 18.2 Å². The normalized spacial score (nSPS) is 17.1. The molecule has 1 aromatic carbocycles. The summed E-state index contributed by atoms with van der Waals surface area (Å²) in [7, 11) is 0. The number of carbonyl (C=O) groups excluding carboxylic acids is 1. The predicted octanol–water partition coefficient (Wildman–Crippen LogP) is 3.67. The summed E-state index contributed by atoms with van der Waals surface area (Å²) in [6, 6.07) is 5.63. The van der Waals surface area contributed by atoms with Crippen molar-refractivity contribution in [2.24, 2.45) is 5.92 Å². The SMILES string of the molecule is CC(CNC(=O)c1cc(Br)ccc1Br)CN1CCCC1. The smallest absolute Gasteiger partial charge is 0.252 e. The third kappa shape index (κ3) is 4.57. The van der Waals surface area contributed by atoms with Crippen molar-refractivity contribution in [2.75, 3.05) is 26.2 Å². The number of nitrogens with zero attached hydrogens (tertiary/aromatic N) is 1. The number of halogens is 2. The second-order valence-electron chi connectivity index (χ2n) is 5.45. The molecule has 1 amide bonds. The molecule has 3 nitrogen and oxygen atoms in total. The summed E-state index contributed by atoms with van der Waals surface area (Å²) in [5.74, 6) is 0.453. The summed E-state index contributed by atoms with van der Waals surface area (Å²) in [5, 5.41) is 3.02. The van der Waals surface area contributed by atoms with Gasteiger partial charge in [-0.3, -0.25) is 4.79 Å². The van der Waals surface area contributed by atoms with Crippen LogP contribution >= 0.6 is 31.9 Å². The van der Waals surface area contributed by atoms with Gasteiger partial charge in [-0.25, -0.2) is 0 Å². The lowest BCUT2D eigenvalue weighted by molar-refractivity contribution is 0.0944. The van der Waals surface area contributed by atoms with Crippen LogP contribution in [0.3, 0.4) is 0 Å². The van der Waals surface area contributed by atoms with Gasteiger partial charge in [-0.1, -0.05) is 22.9 Å². The van der Waals surface area contributed by atoms with Crippen LogP contribution in [-0.4, -0.2) is 37.0 Å². The van der Waals surface area contributed by atoms with Gasteiger partial charge in [0.1, 0.15) is 0 Å². The molecule has 1 aliphatic heterocycles. The van der Waals surface area contributed by atoms with E-state index in [1.54, 1.807) is 0 Å². The lowest BCUT2D eigenvalue weighted by Crippen LogP contribution is -2.34. The molecular weight excluding hydrogens is 384 g/mol. The molecule has 0 radical (unpaired) electrons. The van der Waals surface area contributed by atoms with E-state index in [4.69, 9.17) is 0 Å². The molecule has 5 heteroatoms. The summed E-state index contributed by atoms with van der Waals surface area (Å²) in [6.07, 6.45) is 2.62. The third-order valence-electron chi connectivity index (χ3n) is 3.55. The van der Waals surface area contributed by atoms with Gasteiger partial charge in [0, 0.05) is 22.0 Å². The highest BCUT2D eigenvalue weighted by Gasteiger charge is 2.16. The molecule has 110 valence electrons. The van der Waals surface area contributed by atoms with Crippen LogP contribution in [0.5, 0.6) is 0 Å². The van der Waals surface area contributed by atoms with Crippen LogP contribution in [0.25, 0.3) is 0 Å². The maximum absolute atomic E-state index is 12.2. The topological polar surface area (TPSA) is 32.3 Å². The highest BCUT2D eigenvalue weighted by atomic mass is 79.9. The molecule has 1 unspecified atom stereocenters. The number of hydrogen-bond donors (Lipinski definition) is 1. The maximum Gasteiger partial charge on any atom is 0.252 e. The van der Waals surface area contributed by atoms with Crippen LogP contribution in [0.15, 0.2) is 27.1 Å². The highest BCUT2D eigenvalue weighted by Crippen LogP contribution is 2.21. The molecule has 0 spiro atoms. The van der Waals surface area contributed by atoms with Crippen LogP contribution in [0.2, 0.25) is 0 Å². The third-order valence-corrected chi connectivity index (χ3v) is 4.74. The zero-order valence-electron chi connectivity index (χ0n) is 11.7. The van der Waals surface area contributed by atoms with Crippen molar-refractivity contribution in [1.29, 1.82) is 0 Å². The Labute approximate surface area is 137 Å². The van der Waals surface area contributed by atoms with Gasteiger partial charge in [-0.15, -0.1) is 0 Å². The standard InChI is InChI=1S/C15H20Br2N2O/c1-11(10-19-6-2-3-7-19)9-18-15(20)13-8-12(16)4-5-14(13)17/h4-5,8,11H,2-3,6-7,9-10H2,1H3,(H,18,20). The summed E-state index contributed by atoms with van der Waals surface area (Å²) in [4.78, 5) is 14.7. The molecule has 0 aromatic heterocycles. The van der Waals surface area contributed by atoms with E-state index in [0.29, 0.717) is 18.0 Å². The Kier molecular flexibility index (Phi) is 6.05. The fourth-order valence-corrected chi connectivity index (χ4v) is 3.29. The summed E-state index contributed by atoms with van der Waals surface area (Å²) >= 11 is 6.81. The first-order chi connectivity index (χ1) is 9.56. The number of rotatable bonds is 5. The van der Waals surface area contributed by atoms with Crippen molar-refractivity contribution in [3.05, 3.63) is 32.7 Å². The fourth-order valence-electron chi connectivity index (χ4n) is 2.50. The molecule has 2 rings (SSSR count). The monoisotopic (exact) mass is 402 g/mol. The van der Waals surface area contributed by atoms with Crippen LogP contribution in [0.1, 0.15) is 30.1 Å². The zero-order chi connectivity index (χ0) is 14.5. The summed E-state index contributed by atoms with van der Waals surface area (Å²) in [5.41, 5.74) is 0.674. The Hall–Kier alpha value is -0.390. The van der Waals surface area contributed by atoms with E-state index >= 15 is 0 Å². The van der Waals surface area contributed by atoms with Gasteiger partial charge in [0.2, 0.25) is 0 Å². The predicted molar refractivity (Wildman–Crippen MR) is 89.0 cm³/mol. The van der Waals surface area contributed by atoms with E-state index in [2.05, 4.69) is 49.0 Å². The quantitative estimate of drug-likeness (QED) is 0.813. The molecule has 0 aliphatic carbocycles. The van der Waals surface area contributed by atoms with Crippen LogP contribution < -0.4 is 5.32 Å². The largest absolute Gasteiger partial charge is 0.352 e. The van der Waals surface area contributed by atoms with E-state index in [0.717, 1.165) is 15.5 Å². The zero-order valence-corrected chi connectivity index (χ0v) is 14.8. The first-order valence-electron chi connectivity index (χ1n) is 7.02. The Morgan fingerprint density at radius 3 is 2.75 bits per heavy atom.